The molecule has 136 valence electrons. The molecule has 4 saturated carbocycles. The minimum Gasteiger partial charge on any atom is -0.393 e. The molecular weight excluding hydrogens is 300 g/mol. The number of aliphatic hydroxyl groups is 1. The van der Waals surface area contributed by atoms with Gasteiger partial charge in [-0.15, -0.1) is 0 Å². The average molecular weight is 335 g/mol. The number of fused-ring (bicyclic) bond motifs is 5. The van der Waals surface area contributed by atoms with Gasteiger partial charge in [-0.3, -0.25) is 9.59 Å². The van der Waals surface area contributed by atoms with E-state index >= 15 is 0 Å². The molecule has 4 rings (SSSR count). The fraction of sp³-hybridized carbons (Fsp3) is 0.905. The van der Waals surface area contributed by atoms with Crippen molar-refractivity contribution in [2.75, 3.05) is 0 Å². The van der Waals surface area contributed by atoms with Crippen molar-refractivity contribution in [3.8, 4) is 0 Å². The van der Waals surface area contributed by atoms with Crippen LogP contribution < -0.4 is 0 Å². The average Bonchev–Trinajstić information content (AvgIpc) is 2.85. The molecule has 0 radical (unpaired) electrons. The molecule has 3 heteroatoms. The molecular formula is C21H34O3. The SMILES string of the molecule is CC.CC12CC(O)C3C(CCC4CC(=O)CCC43C)C1CCC2=O. The molecule has 0 aromatic carbocycles. The zero-order chi connectivity index (χ0) is 17.7. The summed E-state index contributed by atoms with van der Waals surface area (Å²) >= 11 is 0. The Morgan fingerprint density at radius 1 is 1.04 bits per heavy atom. The fourth-order valence-corrected chi connectivity index (χ4v) is 6.94. The number of ketones is 2. The van der Waals surface area contributed by atoms with Crippen molar-refractivity contribution < 1.29 is 14.7 Å². The highest BCUT2D eigenvalue weighted by Gasteiger charge is 2.63. The normalized spacial score (nSPS) is 50.3. The van der Waals surface area contributed by atoms with Crippen LogP contribution in [-0.2, 0) is 9.59 Å². The number of carbonyl (C=O) groups excluding carboxylic acids is 2. The van der Waals surface area contributed by atoms with Crippen molar-refractivity contribution in [1.82, 2.24) is 0 Å². The van der Waals surface area contributed by atoms with Crippen molar-refractivity contribution in [2.45, 2.75) is 85.2 Å². The molecule has 0 heterocycles. The van der Waals surface area contributed by atoms with Crippen molar-refractivity contribution in [3.63, 3.8) is 0 Å². The molecule has 4 fully saturated rings. The lowest BCUT2D eigenvalue weighted by Crippen LogP contribution is -2.58. The van der Waals surface area contributed by atoms with Gasteiger partial charge < -0.3 is 5.11 Å². The Labute approximate surface area is 146 Å². The van der Waals surface area contributed by atoms with Gasteiger partial charge in [0.25, 0.3) is 0 Å². The van der Waals surface area contributed by atoms with Crippen LogP contribution in [0.15, 0.2) is 0 Å². The number of aliphatic hydroxyl groups excluding tert-OH is 1. The smallest absolute Gasteiger partial charge is 0.139 e. The summed E-state index contributed by atoms with van der Waals surface area (Å²) in [5.41, 5.74) is -0.183. The van der Waals surface area contributed by atoms with E-state index in [0.29, 0.717) is 60.9 Å². The second kappa shape index (κ2) is 6.23. The summed E-state index contributed by atoms with van der Waals surface area (Å²) in [5.74, 6) is 2.47. The summed E-state index contributed by atoms with van der Waals surface area (Å²) in [6.07, 6.45) is 6.55. The van der Waals surface area contributed by atoms with Gasteiger partial charge in [0.15, 0.2) is 0 Å². The van der Waals surface area contributed by atoms with E-state index in [0.717, 1.165) is 25.7 Å². The molecule has 0 bridgehead atoms. The van der Waals surface area contributed by atoms with E-state index in [-0.39, 0.29) is 16.9 Å². The highest BCUT2D eigenvalue weighted by Crippen LogP contribution is 2.65. The topological polar surface area (TPSA) is 54.4 Å². The molecule has 0 aliphatic heterocycles. The zero-order valence-corrected chi connectivity index (χ0v) is 15.8. The quantitative estimate of drug-likeness (QED) is 0.723. The minimum absolute atomic E-state index is 0.100. The Kier molecular flexibility index (Phi) is 4.70. The van der Waals surface area contributed by atoms with Crippen LogP contribution in [0.2, 0.25) is 0 Å². The summed E-state index contributed by atoms with van der Waals surface area (Å²) < 4.78 is 0. The van der Waals surface area contributed by atoms with E-state index in [4.69, 9.17) is 0 Å². The largest absolute Gasteiger partial charge is 0.393 e. The monoisotopic (exact) mass is 334 g/mol. The Morgan fingerprint density at radius 3 is 2.46 bits per heavy atom. The molecule has 24 heavy (non-hydrogen) atoms. The summed E-state index contributed by atoms with van der Waals surface area (Å²) in [6.45, 7) is 8.43. The molecule has 0 aromatic heterocycles. The molecule has 0 saturated heterocycles. The third-order valence-corrected chi connectivity index (χ3v) is 8.12. The van der Waals surface area contributed by atoms with Crippen LogP contribution in [0.25, 0.3) is 0 Å². The van der Waals surface area contributed by atoms with Gasteiger partial charge in [-0.2, -0.15) is 0 Å². The van der Waals surface area contributed by atoms with Crippen LogP contribution in [0.3, 0.4) is 0 Å². The Morgan fingerprint density at radius 2 is 1.75 bits per heavy atom. The van der Waals surface area contributed by atoms with Gasteiger partial charge in [0.1, 0.15) is 11.6 Å². The predicted molar refractivity (Wildman–Crippen MR) is 94.5 cm³/mol. The summed E-state index contributed by atoms with van der Waals surface area (Å²) in [4.78, 5) is 24.3. The standard InChI is InChI=1S/C19H28O3.C2H6/c1-18-8-7-12(20)9-11(18)3-4-13-14-5-6-16(22)19(14,2)10-15(21)17(13)18;1-2/h11,13-15,17,21H,3-10H2,1-2H3;1-2H3. The van der Waals surface area contributed by atoms with Gasteiger partial charge in [0.05, 0.1) is 6.10 Å². The van der Waals surface area contributed by atoms with E-state index in [2.05, 4.69) is 13.8 Å². The van der Waals surface area contributed by atoms with E-state index in [1.807, 2.05) is 13.8 Å². The van der Waals surface area contributed by atoms with Crippen LogP contribution in [0.5, 0.6) is 0 Å². The van der Waals surface area contributed by atoms with Gasteiger partial charge in [-0.1, -0.05) is 27.7 Å². The lowest BCUT2D eigenvalue weighted by molar-refractivity contribution is -0.171. The maximum absolute atomic E-state index is 12.4. The molecule has 0 spiro atoms. The number of Topliss-reactive ketones (excluding diaryl/α,β-unsaturated/α-hetero) is 2. The maximum Gasteiger partial charge on any atom is 0.139 e. The Hall–Kier alpha value is -0.700. The fourth-order valence-electron chi connectivity index (χ4n) is 6.94. The van der Waals surface area contributed by atoms with E-state index in [1.54, 1.807) is 0 Å². The number of hydrogen-bond acceptors (Lipinski definition) is 3. The highest BCUT2D eigenvalue weighted by atomic mass is 16.3. The molecule has 4 aliphatic rings. The van der Waals surface area contributed by atoms with Crippen LogP contribution in [-0.4, -0.2) is 22.8 Å². The molecule has 7 atom stereocenters. The summed E-state index contributed by atoms with van der Waals surface area (Å²) in [5, 5.41) is 11.0. The lowest BCUT2D eigenvalue weighted by Gasteiger charge is -2.60. The van der Waals surface area contributed by atoms with Gasteiger partial charge in [-0.25, -0.2) is 0 Å². The summed E-state index contributed by atoms with van der Waals surface area (Å²) in [7, 11) is 0. The lowest BCUT2D eigenvalue weighted by atomic mass is 9.44. The molecule has 4 aliphatic carbocycles. The van der Waals surface area contributed by atoms with Crippen LogP contribution in [0.1, 0.15) is 79.1 Å². The first-order valence-corrected chi connectivity index (χ1v) is 10.1. The molecule has 7 unspecified atom stereocenters. The summed E-state index contributed by atoms with van der Waals surface area (Å²) in [6, 6.07) is 0. The van der Waals surface area contributed by atoms with E-state index in [9.17, 15) is 14.7 Å². The third kappa shape index (κ3) is 2.41. The van der Waals surface area contributed by atoms with Crippen molar-refractivity contribution in [1.29, 1.82) is 0 Å². The van der Waals surface area contributed by atoms with Gasteiger partial charge in [0.2, 0.25) is 0 Å². The molecule has 0 aromatic rings. The van der Waals surface area contributed by atoms with Gasteiger partial charge in [-0.05, 0) is 61.2 Å². The van der Waals surface area contributed by atoms with E-state index in [1.165, 1.54) is 0 Å². The molecule has 3 nitrogen and oxygen atoms in total. The first kappa shape index (κ1) is 18.1. The molecule has 1 N–H and O–H groups in total. The van der Waals surface area contributed by atoms with Gasteiger partial charge >= 0.3 is 0 Å². The van der Waals surface area contributed by atoms with Crippen molar-refractivity contribution in [2.24, 2.45) is 34.5 Å². The minimum atomic E-state index is -0.366. The van der Waals surface area contributed by atoms with Crippen molar-refractivity contribution >= 4 is 11.6 Å². The second-order valence-corrected chi connectivity index (χ2v) is 8.97. The van der Waals surface area contributed by atoms with E-state index < -0.39 is 0 Å². The number of rotatable bonds is 0. The predicted octanol–water partition coefficient (Wildman–Crippen LogP) is 4.16. The Bertz CT molecular complexity index is 527. The van der Waals surface area contributed by atoms with Crippen LogP contribution in [0, 0.1) is 34.5 Å². The number of hydrogen-bond donors (Lipinski definition) is 1. The second-order valence-electron chi connectivity index (χ2n) is 8.97. The highest BCUT2D eigenvalue weighted by molar-refractivity contribution is 5.87. The zero-order valence-electron chi connectivity index (χ0n) is 15.8. The van der Waals surface area contributed by atoms with Gasteiger partial charge in [0, 0.05) is 24.7 Å². The maximum atomic E-state index is 12.4. The van der Waals surface area contributed by atoms with Crippen molar-refractivity contribution in [3.05, 3.63) is 0 Å². The number of carbonyl (C=O) groups is 2. The molecule has 0 amide bonds. The Balaban J connectivity index is 0.000000815. The van der Waals surface area contributed by atoms with Crippen LogP contribution in [0.4, 0.5) is 0 Å². The first-order valence-electron chi connectivity index (χ1n) is 10.1. The first-order chi connectivity index (χ1) is 11.4. The third-order valence-electron chi connectivity index (χ3n) is 8.12. The van der Waals surface area contributed by atoms with Crippen LogP contribution >= 0.6 is 0 Å².